The van der Waals surface area contributed by atoms with E-state index >= 15 is 0 Å². The summed E-state index contributed by atoms with van der Waals surface area (Å²) in [5.74, 6) is 0.138. The number of rotatable bonds is 1. The van der Waals surface area contributed by atoms with Crippen LogP contribution in [0.2, 0.25) is 0 Å². The molecule has 1 aliphatic carbocycles. The van der Waals surface area contributed by atoms with Crippen molar-refractivity contribution in [2.24, 2.45) is 0 Å². The third-order valence-electron chi connectivity index (χ3n) is 3.71. The van der Waals surface area contributed by atoms with E-state index in [4.69, 9.17) is 0 Å². The molecule has 1 unspecified atom stereocenters. The maximum atomic E-state index is 12.0. The molecule has 1 saturated carbocycles. The monoisotopic (exact) mass is 244 g/mol. The molecule has 1 fully saturated rings. The molecule has 18 heavy (non-hydrogen) atoms. The van der Waals surface area contributed by atoms with Crippen molar-refractivity contribution in [2.45, 2.75) is 31.8 Å². The second kappa shape index (κ2) is 4.53. The molecule has 0 bridgehead atoms. The van der Waals surface area contributed by atoms with Gasteiger partial charge in [-0.25, -0.2) is 0 Å². The minimum atomic E-state index is -0.142. The van der Waals surface area contributed by atoms with Gasteiger partial charge in [0.05, 0.1) is 19.1 Å². The number of hydrogen-bond donors (Lipinski definition) is 1. The van der Waals surface area contributed by atoms with Gasteiger partial charge in [-0.15, -0.1) is 0 Å². The molecule has 3 rings (SSSR count). The van der Waals surface area contributed by atoms with E-state index < -0.39 is 0 Å². The van der Waals surface area contributed by atoms with Crippen LogP contribution in [0.1, 0.15) is 24.8 Å². The van der Waals surface area contributed by atoms with E-state index in [1.165, 1.54) is 5.56 Å². The molecule has 1 aliphatic heterocycles. The van der Waals surface area contributed by atoms with E-state index in [0.717, 1.165) is 12.2 Å². The Morgan fingerprint density at radius 3 is 2.89 bits per heavy atom. The molecule has 4 heteroatoms. The highest BCUT2D eigenvalue weighted by atomic mass is 16.2. The Balaban J connectivity index is 1.89. The molecule has 2 aliphatic rings. The molecule has 94 valence electrons. The fourth-order valence-electron chi connectivity index (χ4n) is 2.80. The molecular formula is C14H16N2O2. The van der Waals surface area contributed by atoms with Crippen LogP contribution in [0.25, 0.3) is 0 Å². The Morgan fingerprint density at radius 2 is 2.06 bits per heavy atom. The lowest BCUT2D eigenvalue weighted by molar-refractivity contribution is -0.130. The summed E-state index contributed by atoms with van der Waals surface area (Å²) in [6, 6.07) is 8.00. The van der Waals surface area contributed by atoms with Gasteiger partial charge in [0.15, 0.2) is 5.78 Å². The average molecular weight is 244 g/mol. The lowest BCUT2D eigenvalue weighted by atomic mass is 9.91. The first-order chi connectivity index (χ1) is 8.75. The largest absolute Gasteiger partial charge is 0.348 e. The summed E-state index contributed by atoms with van der Waals surface area (Å²) in [4.78, 5) is 25.4. The number of carbonyl (C=O) groups is 2. The summed E-state index contributed by atoms with van der Waals surface area (Å²) < 4.78 is 0. The Morgan fingerprint density at radius 1 is 1.22 bits per heavy atom. The predicted molar refractivity (Wildman–Crippen MR) is 68.3 cm³/mol. The second-order valence-corrected chi connectivity index (χ2v) is 4.92. The lowest BCUT2D eigenvalue weighted by Gasteiger charge is -2.38. The number of ketones is 2. The zero-order valence-electron chi connectivity index (χ0n) is 10.2. The van der Waals surface area contributed by atoms with Crippen molar-refractivity contribution in [1.82, 2.24) is 5.32 Å². The van der Waals surface area contributed by atoms with Crippen molar-refractivity contribution >= 4 is 17.3 Å². The zero-order chi connectivity index (χ0) is 12.5. The third-order valence-corrected chi connectivity index (χ3v) is 3.71. The number of para-hydroxylation sites is 1. The van der Waals surface area contributed by atoms with Crippen molar-refractivity contribution in [3.8, 4) is 0 Å². The number of carbonyl (C=O) groups excluding carboxylic acids is 2. The smallest absolute Gasteiger partial charge is 0.162 e. The minimum absolute atomic E-state index is 0.0600. The highest BCUT2D eigenvalue weighted by Crippen LogP contribution is 2.28. The fraction of sp³-hybridized carbons (Fsp3) is 0.429. The predicted octanol–water partition coefficient (Wildman–Crippen LogP) is 1.24. The molecule has 0 saturated heterocycles. The topological polar surface area (TPSA) is 49.4 Å². The number of Topliss-reactive ketones (excluding diaryl/α,β-unsaturated/α-hetero) is 2. The van der Waals surface area contributed by atoms with Crippen LogP contribution in [0, 0.1) is 0 Å². The zero-order valence-corrected chi connectivity index (χ0v) is 10.2. The van der Waals surface area contributed by atoms with Crippen LogP contribution in [0.5, 0.6) is 0 Å². The van der Waals surface area contributed by atoms with Crippen molar-refractivity contribution < 1.29 is 9.59 Å². The summed E-state index contributed by atoms with van der Waals surface area (Å²) in [7, 11) is 0. The van der Waals surface area contributed by atoms with Gasteiger partial charge in [0.1, 0.15) is 5.78 Å². The lowest BCUT2D eigenvalue weighted by Crippen LogP contribution is -2.51. The van der Waals surface area contributed by atoms with E-state index in [-0.39, 0.29) is 24.0 Å². The highest BCUT2D eigenvalue weighted by molar-refractivity contribution is 6.05. The van der Waals surface area contributed by atoms with E-state index in [1.54, 1.807) is 0 Å². The number of fused-ring (bicyclic) bond motifs is 1. The van der Waals surface area contributed by atoms with Crippen LogP contribution in [0.4, 0.5) is 5.69 Å². The molecule has 0 aromatic heterocycles. The van der Waals surface area contributed by atoms with Crippen molar-refractivity contribution in [3.05, 3.63) is 29.8 Å². The Bertz CT molecular complexity index is 498. The highest BCUT2D eigenvalue weighted by Gasteiger charge is 2.33. The Kier molecular flexibility index (Phi) is 2.88. The quantitative estimate of drug-likeness (QED) is 0.755. The van der Waals surface area contributed by atoms with Crippen LogP contribution in [0.3, 0.4) is 0 Å². The van der Waals surface area contributed by atoms with Crippen molar-refractivity contribution in [3.63, 3.8) is 0 Å². The molecule has 1 aromatic carbocycles. The number of benzene rings is 1. The Labute approximate surface area is 106 Å². The first-order valence-corrected chi connectivity index (χ1v) is 6.35. The van der Waals surface area contributed by atoms with Crippen molar-refractivity contribution in [1.29, 1.82) is 0 Å². The standard InChI is InChI=1S/C14H16N2O2/c17-11-5-6-13(14(18)7-11)16-9-15-8-10-3-1-2-4-12(10)16/h1-4,13,15H,5-9H2. The molecule has 1 N–H and O–H groups in total. The van der Waals surface area contributed by atoms with Crippen LogP contribution >= 0.6 is 0 Å². The van der Waals surface area contributed by atoms with Gasteiger partial charge in [-0.1, -0.05) is 18.2 Å². The molecular weight excluding hydrogens is 228 g/mol. The van der Waals surface area contributed by atoms with E-state index in [9.17, 15) is 9.59 Å². The fourth-order valence-corrected chi connectivity index (χ4v) is 2.80. The number of nitrogens with one attached hydrogen (secondary N) is 1. The average Bonchev–Trinajstić information content (AvgIpc) is 2.38. The van der Waals surface area contributed by atoms with Crippen LogP contribution in [0.15, 0.2) is 24.3 Å². The summed E-state index contributed by atoms with van der Waals surface area (Å²) in [6.45, 7) is 1.52. The second-order valence-electron chi connectivity index (χ2n) is 4.92. The molecule has 0 spiro atoms. The normalized spacial score (nSPS) is 24.0. The van der Waals surface area contributed by atoms with E-state index in [0.29, 0.717) is 19.5 Å². The van der Waals surface area contributed by atoms with Gasteiger partial charge in [-0.05, 0) is 18.1 Å². The summed E-state index contributed by atoms with van der Waals surface area (Å²) >= 11 is 0. The maximum absolute atomic E-state index is 12.0. The van der Waals surface area contributed by atoms with E-state index in [1.807, 2.05) is 12.1 Å². The van der Waals surface area contributed by atoms with Crippen LogP contribution in [-0.2, 0) is 16.1 Å². The molecule has 0 amide bonds. The summed E-state index contributed by atoms with van der Waals surface area (Å²) in [5, 5.41) is 3.31. The Hall–Kier alpha value is -1.68. The first-order valence-electron chi connectivity index (χ1n) is 6.35. The van der Waals surface area contributed by atoms with Gasteiger partial charge >= 0.3 is 0 Å². The minimum Gasteiger partial charge on any atom is -0.348 e. The van der Waals surface area contributed by atoms with Crippen molar-refractivity contribution in [2.75, 3.05) is 11.6 Å². The summed E-state index contributed by atoms with van der Waals surface area (Å²) in [5.41, 5.74) is 2.34. The number of nitrogens with zero attached hydrogens (tertiary/aromatic N) is 1. The third kappa shape index (κ3) is 1.93. The van der Waals surface area contributed by atoms with E-state index in [2.05, 4.69) is 22.3 Å². The summed E-state index contributed by atoms with van der Waals surface area (Å²) in [6.07, 6.45) is 1.27. The van der Waals surface area contributed by atoms with Gasteiger partial charge in [0.2, 0.25) is 0 Å². The van der Waals surface area contributed by atoms with Gasteiger partial charge in [0.25, 0.3) is 0 Å². The van der Waals surface area contributed by atoms with Crippen LogP contribution < -0.4 is 10.2 Å². The molecule has 0 radical (unpaired) electrons. The number of hydrogen-bond acceptors (Lipinski definition) is 4. The SMILES string of the molecule is O=C1CCC(N2CNCc3ccccc32)C(=O)C1. The van der Waals surface area contributed by atoms with Gasteiger partial charge < -0.3 is 4.90 Å². The maximum Gasteiger partial charge on any atom is 0.162 e. The van der Waals surface area contributed by atoms with Crippen LogP contribution in [-0.4, -0.2) is 24.3 Å². The van der Waals surface area contributed by atoms with Gasteiger partial charge in [-0.3, -0.25) is 14.9 Å². The molecule has 4 nitrogen and oxygen atoms in total. The molecule has 1 aromatic rings. The first kappa shape index (κ1) is 11.4. The van der Waals surface area contributed by atoms with Gasteiger partial charge in [-0.2, -0.15) is 0 Å². The molecule has 1 atom stereocenters. The molecule has 1 heterocycles. The number of anilines is 1. The van der Waals surface area contributed by atoms with Gasteiger partial charge in [0, 0.05) is 18.7 Å².